The number of nitrogens with one attached hydrogen (secondary N) is 1. The standard InChI is InChI=1S/C9H10BrNO2S/c1-5-3-7(14-8(5)10)9(13)11-4-6(2)12/h3H,4H2,1-2H3,(H,11,13). The van der Waals surface area contributed by atoms with Gasteiger partial charge in [0, 0.05) is 0 Å². The molecule has 1 heterocycles. The maximum atomic E-state index is 11.4. The fourth-order valence-electron chi connectivity index (χ4n) is 0.864. The van der Waals surface area contributed by atoms with E-state index < -0.39 is 0 Å². The fourth-order valence-corrected chi connectivity index (χ4v) is 2.31. The zero-order valence-electron chi connectivity index (χ0n) is 7.89. The Bertz CT molecular complexity index is 353. The summed E-state index contributed by atoms with van der Waals surface area (Å²) in [5.74, 6) is -0.246. The second-order valence-corrected chi connectivity index (χ2v) is 5.32. The molecule has 0 aromatic carbocycles. The molecule has 0 atom stereocenters. The number of carbonyl (C=O) groups is 2. The molecule has 1 N–H and O–H groups in total. The Labute approximate surface area is 94.6 Å². The smallest absolute Gasteiger partial charge is 0.261 e. The molecule has 1 amide bonds. The molecule has 0 unspecified atom stereocenters. The van der Waals surface area contributed by atoms with Crippen molar-refractivity contribution in [2.24, 2.45) is 0 Å². The molecule has 0 radical (unpaired) electrons. The molecular formula is C9H10BrNO2S. The summed E-state index contributed by atoms with van der Waals surface area (Å²) in [7, 11) is 0. The summed E-state index contributed by atoms with van der Waals surface area (Å²) >= 11 is 4.70. The molecule has 0 aliphatic heterocycles. The molecule has 1 rings (SSSR count). The van der Waals surface area contributed by atoms with Crippen molar-refractivity contribution in [3.63, 3.8) is 0 Å². The van der Waals surface area contributed by atoms with E-state index in [9.17, 15) is 9.59 Å². The zero-order chi connectivity index (χ0) is 10.7. The first kappa shape index (κ1) is 11.4. The van der Waals surface area contributed by atoms with Gasteiger partial charge in [-0.15, -0.1) is 11.3 Å². The number of hydrogen-bond acceptors (Lipinski definition) is 3. The van der Waals surface area contributed by atoms with Gasteiger partial charge in [0.1, 0.15) is 5.78 Å². The lowest BCUT2D eigenvalue weighted by Gasteiger charge is -1.98. The number of ketones is 1. The first-order valence-electron chi connectivity index (χ1n) is 4.04. The highest BCUT2D eigenvalue weighted by atomic mass is 79.9. The summed E-state index contributed by atoms with van der Waals surface area (Å²) in [5.41, 5.74) is 1.03. The molecule has 5 heteroatoms. The number of aryl methyl sites for hydroxylation is 1. The SMILES string of the molecule is CC(=O)CNC(=O)c1cc(C)c(Br)s1. The monoisotopic (exact) mass is 275 g/mol. The molecule has 76 valence electrons. The third-order valence-corrected chi connectivity index (χ3v) is 3.71. The number of amides is 1. The highest BCUT2D eigenvalue weighted by Crippen LogP contribution is 2.26. The van der Waals surface area contributed by atoms with E-state index >= 15 is 0 Å². The van der Waals surface area contributed by atoms with E-state index in [-0.39, 0.29) is 18.2 Å². The van der Waals surface area contributed by atoms with Crippen LogP contribution in [0.1, 0.15) is 22.2 Å². The largest absolute Gasteiger partial charge is 0.344 e. The predicted molar refractivity (Wildman–Crippen MR) is 59.8 cm³/mol. The van der Waals surface area contributed by atoms with Crippen LogP contribution in [0.4, 0.5) is 0 Å². The average Bonchev–Trinajstić information content (AvgIpc) is 2.43. The van der Waals surface area contributed by atoms with Gasteiger partial charge >= 0.3 is 0 Å². The van der Waals surface area contributed by atoms with Crippen molar-refractivity contribution in [3.8, 4) is 0 Å². The Morgan fingerprint density at radius 3 is 2.64 bits per heavy atom. The Hall–Kier alpha value is -0.680. The van der Waals surface area contributed by atoms with Crippen LogP contribution in [-0.2, 0) is 4.79 Å². The van der Waals surface area contributed by atoms with Gasteiger partial charge in [-0.3, -0.25) is 9.59 Å². The predicted octanol–water partition coefficient (Wildman–Crippen LogP) is 2.14. The van der Waals surface area contributed by atoms with Crippen molar-refractivity contribution in [2.45, 2.75) is 13.8 Å². The number of hydrogen-bond donors (Lipinski definition) is 1. The normalized spacial score (nSPS) is 9.93. The Kier molecular flexibility index (Phi) is 3.83. The van der Waals surface area contributed by atoms with Crippen LogP contribution in [0.5, 0.6) is 0 Å². The third-order valence-electron chi connectivity index (χ3n) is 1.58. The van der Waals surface area contributed by atoms with Crippen LogP contribution < -0.4 is 5.32 Å². The number of rotatable bonds is 3. The van der Waals surface area contributed by atoms with Gasteiger partial charge in [0.2, 0.25) is 0 Å². The van der Waals surface area contributed by atoms with Gasteiger partial charge in [-0.25, -0.2) is 0 Å². The van der Waals surface area contributed by atoms with Gasteiger partial charge in [0.15, 0.2) is 0 Å². The molecule has 0 fully saturated rings. The van der Waals surface area contributed by atoms with E-state index in [0.717, 1.165) is 9.35 Å². The quantitative estimate of drug-likeness (QED) is 0.919. The van der Waals surface area contributed by atoms with E-state index in [2.05, 4.69) is 21.2 Å². The number of halogens is 1. The zero-order valence-corrected chi connectivity index (χ0v) is 10.3. The van der Waals surface area contributed by atoms with Gasteiger partial charge in [0.25, 0.3) is 5.91 Å². The van der Waals surface area contributed by atoms with Crippen molar-refractivity contribution < 1.29 is 9.59 Å². The summed E-state index contributed by atoms with van der Waals surface area (Å²) in [6, 6.07) is 1.80. The van der Waals surface area contributed by atoms with Crippen LogP contribution in [0, 0.1) is 6.92 Å². The van der Waals surface area contributed by atoms with Crippen molar-refractivity contribution in [1.29, 1.82) is 0 Å². The Morgan fingerprint density at radius 2 is 2.21 bits per heavy atom. The first-order valence-corrected chi connectivity index (χ1v) is 5.65. The van der Waals surface area contributed by atoms with E-state index in [4.69, 9.17) is 0 Å². The highest BCUT2D eigenvalue weighted by Gasteiger charge is 2.10. The Balaban J connectivity index is 2.65. The van der Waals surface area contributed by atoms with Crippen molar-refractivity contribution in [1.82, 2.24) is 5.32 Å². The second-order valence-electron chi connectivity index (χ2n) is 2.95. The molecule has 1 aromatic rings. The minimum atomic E-state index is -0.195. The lowest BCUT2D eigenvalue weighted by Crippen LogP contribution is -2.27. The van der Waals surface area contributed by atoms with Crippen LogP contribution in [0.3, 0.4) is 0 Å². The summed E-state index contributed by atoms with van der Waals surface area (Å²) in [5, 5.41) is 2.54. The van der Waals surface area contributed by atoms with Gasteiger partial charge in [0.05, 0.1) is 15.2 Å². The van der Waals surface area contributed by atoms with Crippen LogP contribution in [0.25, 0.3) is 0 Å². The molecule has 0 spiro atoms. The van der Waals surface area contributed by atoms with Gasteiger partial charge in [-0.1, -0.05) is 0 Å². The summed E-state index contributed by atoms with van der Waals surface area (Å²) in [4.78, 5) is 22.7. The molecule has 0 bridgehead atoms. The van der Waals surface area contributed by atoms with Crippen LogP contribution >= 0.6 is 27.3 Å². The molecule has 14 heavy (non-hydrogen) atoms. The van der Waals surface area contributed by atoms with Crippen molar-refractivity contribution >= 4 is 39.0 Å². The molecular weight excluding hydrogens is 266 g/mol. The molecule has 0 saturated heterocycles. The third kappa shape index (κ3) is 2.92. The number of thiophene rings is 1. The van der Waals surface area contributed by atoms with E-state index in [0.29, 0.717) is 4.88 Å². The maximum absolute atomic E-state index is 11.4. The molecule has 1 aromatic heterocycles. The van der Waals surface area contributed by atoms with Crippen molar-refractivity contribution in [3.05, 3.63) is 20.3 Å². The molecule has 0 aliphatic carbocycles. The second kappa shape index (κ2) is 4.70. The maximum Gasteiger partial charge on any atom is 0.261 e. The first-order chi connectivity index (χ1) is 6.50. The van der Waals surface area contributed by atoms with Crippen molar-refractivity contribution in [2.75, 3.05) is 6.54 Å². The van der Waals surface area contributed by atoms with Crippen LogP contribution in [0.15, 0.2) is 9.85 Å². The average molecular weight is 276 g/mol. The van der Waals surface area contributed by atoms with E-state index in [1.54, 1.807) is 6.07 Å². The molecule has 0 saturated carbocycles. The topological polar surface area (TPSA) is 46.2 Å². The molecule has 3 nitrogen and oxygen atoms in total. The highest BCUT2D eigenvalue weighted by molar-refractivity contribution is 9.11. The van der Waals surface area contributed by atoms with Gasteiger partial charge in [-0.05, 0) is 41.4 Å². The van der Waals surface area contributed by atoms with Gasteiger partial charge < -0.3 is 5.32 Å². The van der Waals surface area contributed by atoms with E-state index in [1.807, 2.05) is 6.92 Å². The van der Waals surface area contributed by atoms with Crippen LogP contribution in [-0.4, -0.2) is 18.2 Å². The Morgan fingerprint density at radius 1 is 1.57 bits per heavy atom. The number of Topliss-reactive ketones (excluding diaryl/α,β-unsaturated/α-hetero) is 1. The molecule has 0 aliphatic rings. The fraction of sp³-hybridized carbons (Fsp3) is 0.333. The minimum absolute atomic E-state index is 0.0503. The summed E-state index contributed by atoms with van der Waals surface area (Å²) < 4.78 is 0.950. The number of carbonyl (C=O) groups excluding carboxylic acids is 2. The van der Waals surface area contributed by atoms with Crippen LogP contribution in [0.2, 0.25) is 0 Å². The summed E-state index contributed by atoms with van der Waals surface area (Å²) in [6.07, 6.45) is 0. The lowest BCUT2D eigenvalue weighted by atomic mass is 10.3. The van der Waals surface area contributed by atoms with E-state index in [1.165, 1.54) is 18.3 Å². The minimum Gasteiger partial charge on any atom is -0.344 e. The van der Waals surface area contributed by atoms with Gasteiger partial charge in [-0.2, -0.15) is 0 Å². The summed E-state index contributed by atoms with van der Waals surface area (Å²) in [6.45, 7) is 3.45. The lowest BCUT2D eigenvalue weighted by molar-refractivity contribution is -0.116.